The molecule has 3 heterocycles. The van der Waals surface area contributed by atoms with Gasteiger partial charge in [0, 0.05) is 16.7 Å². The zero-order valence-electron chi connectivity index (χ0n) is 21.7. The van der Waals surface area contributed by atoms with Gasteiger partial charge in [-0.2, -0.15) is 0 Å². The second kappa shape index (κ2) is 10.7. The predicted octanol–water partition coefficient (Wildman–Crippen LogP) is 5.63. The normalized spacial score (nSPS) is 11.3. The lowest BCUT2D eigenvalue weighted by Gasteiger charge is -2.19. The van der Waals surface area contributed by atoms with Gasteiger partial charge in [0.25, 0.3) is 0 Å². The van der Waals surface area contributed by atoms with E-state index in [-0.39, 0.29) is 33.6 Å². The first-order chi connectivity index (χ1) is 19.9. The zero-order valence-corrected chi connectivity index (χ0v) is 22.6. The molecule has 0 aliphatic rings. The van der Waals surface area contributed by atoms with Crippen molar-refractivity contribution in [1.29, 1.82) is 0 Å². The van der Waals surface area contributed by atoms with Crippen molar-refractivity contribution in [3.8, 4) is 51.0 Å². The summed E-state index contributed by atoms with van der Waals surface area (Å²) >= 11 is 0. The van der Waals surface area contributed by atoms with Gasteiger partial charge in [0.15, 0.2) is 0 Å². The molecule has 0 saturated carbocycles. The number of phenols is 3. The van der Waals surface area contributed by atoms with E-state index in [1.54, 1.807) is 127 Å². The summed E-state index contributed by atoms with van der Waals surface area (Å²) in [6, 6.07) is 35.8. The van der Waals surface area contributed by atoms with Crippen LogP contribution >= 0.6 is 7.14 Å². The summed E-state index contributed by atoms with van der Waals surface area (Å²) in [6.07, 6.45) is 0. The highest BCUT2D eigenvalue weighted by Gasteiger charge is 2.35. The van der Waals surface area contributed by atoms with E-state index in [9.17, 15) is 15.3 Å². The molecule has 3 aromatic heterocycles. The number of pyridine rings is 3. The maximum atomic E-state index is 15.4. The number of aromatic nitrogens is 3. The Balaban J connectivity index is 1.59. The molecule has 0 spiro atoms. The van der Waals surface area contributed by atoms with E-state index in [0.29, 0.717) is 33.8 Å². The quantitative estimate of drug-likeness (QED) is 0.227. The van der Waals surface area contributed by atoms with Crippen LogP contribution in [-0.4, -0.2) is 30.3 Å². The van der Waals surface area contributed by atoms with Crippen LogP contribution in [0.15, 0.2) is 127 Å². The van der Waals surface area contributed by atoms with Crippen molar-refractivity contribution in [3.63, 3.8) is 0 Å². The molecule has 0 atom stereocenters. The minimum Gasteiger partial charge on any atom is -0.507 e. The van der Waals surface area contributed by atoms with E-state index in [0.717, 1.165) is 0 Å². The van der Waals surface area contributed by atoms with Gasteiger partial charge in [0.2, 0.25) is 7.14 Å². The lowest BCUT2D eigenvalue weighted by molar-refractivity contribution is 0.476. The van der Waals surface area contributed by atoms with Gasteiger partial charge >= 0.3 is 0 Å². The molecule has 0 unspecified atom stereocenters. The van der Waals surface area contributed by atoms with Gasteiger partial charge in [-0.25, -0.2) is 15.0 Å². The second-order valence-corrected chi connectivity index (χ2v) is 11.9. The number of para-hydroxylation sites is 3. The molecular formula is C33H24N3O4P. The highest BCUT2D eigenvalue weighted by Crippen LogP contribution is 2.42. The molecule has 0 amide bonds. The van der Waals surface area contributed by atoms with Gasteiger partial charge in [-0.05, 0) is 72.8 Å². The van der Waals surface area contributed by atoms with Gasteiger partial charge in [-0.15, -0.1) is 0 Å². The van der Waals surface area contributed by atoms with Crippen LogP contribution in [0.4, 0.5) is 0 Å². The van der Waals surface area contributed by atoms with Crippen molar-refractivity contribution in [3.05, 3.63) is 127 Å². The molecule has 6 rings (SSSR count). The van der Waals surface area contributed by atoms with E-state index in [1.165, 1.54) is 0 Å². The fourth-order valence-corrected chi connectivity index (χ4v) is 7.01. The largest absolute Gasteiger partial charge is 0.507 e. The Morgan fingerprint density at radius 2 is 0.683 bits per heavy atom. The number of aromatic hydroxyl groups is 3. The van der Waals surface area contributed by atoms with Crippen LogP contribution in [0.2, 0.25) is 0 Å². The molecule has 200 valence electrons. The smallest absolute Gasteiger partial charge is 0.223 e. The average molecular weight is 558 g/mol. The summed E-state index contributed by atoms with van der Waals surface area (Å²) in [7, 11) is -3.84. The van der Waals surface area contributed by atoms with Crippen molar-refractivity contribution in [1.82, 2.24) is 15.0 Å². The van der Waals surface area contributed by atoms with Crippen LogP contribution in [-0.2, 0) is 4.57 Å². The van der Waals surface area contributed by atoms with Gasteiger partial charge in [0.1, 0.15) is 33.6 Å². The minimum atomic E-state index is -3.84. The van der Waals surface area contributed by atoms with E-state index < -0.39 is 7.14 Å². The Morgan fingerprint density at radius 3 is 0.976 bits per heavy atom. The molecule has 0 radical (unpaired) electrons. The first-order valence-corrected chi connectivity index (χ1v) is 14.5. The van der Waals surface area contributed by atoms with Crippen LogP contribution < -0.4 is 16.3 Å². The lowest BCUT2D eigenvalue weighted by atomic mass is 10.1. The maximum Gasteiger partial charge on any atom is 0.223 e. The summed E-state index contributed by atoms with van der Waals surface area (Å²) in [5.74, 6) is 0.143. The third-order valence-corrected chi connectivity index (χ3v) is 9.39. The molecule has 6 aromatic rings. The Hall–Kier alpha value is -5.26. The summed E-state index contributed by atoms with van der Waals surface area (Å²) in [6.45, 7) is 0. The standard InChI is InChI=1S/C33H24N3O4P/c37-28-16-4-1-10-22(28)25-13-7-19-31(34-25)41(40,32-20-8-14-26(35-32)23-11-2-5-17-29(23)38)33-21-9-15-27(36-33)24-12-3-6-18-30(24)39/h1-21,37-39H. The Labute approximate surface area is 236 Å². The number of hydrogen-bond acceptors (Lipinski definition) is 7. The highest BCUT2D eigenvalue weighted by atomic mass is 31.2. The van der Waals surface area contributed by atoms with Crippen LogP contribution in [0, 0.1) is 0 Å². The molecule has 41 heavy (non-hydrogen) atoms. The Bertz CT molecular complexity index is 1720. The van der Waals surface area contributed by atoms with Crippen LogP contribution in [0.3, 0.4) is 0 Å². The summed E-state index contributed by atoms with van der Waals surface area (Å²) in [4.78, 5) is 14.3. The average Bonchev–Trinajstić information content (AvgIpc) is 3.01. The molecule has 0 saturated heterocycles. The minimum absolute atomic E-state index is 0.0475. The van der Waals surface area contributed by atoms with Gasteiger partial charge < -0.3 is 19.9 Å². The number of rotatable bonds is 6. The zero-order chi connectivity index (χ0) is 28.4. The molecular weight excluding hydrogens is 533 g/mol. The predicted molar refractivity (Wildman–Crippen MR) is 161 cm³/mol. The lowest BCUT2D eigenvalue weighted by Crippen LogP contribution is -2.31. The first-order valence-electron chi connectivity index (χ1n) is 12.8. The molecule has 3 aromatic carbocycles. The fourth-order valence-electron chi connectivity index (χ4n) is 4.67. The monoisotopic (exact) mass is 557 g/mol. The van der Waals surface area contributed by atoms with E-state index in [2.05, 4.69) is 0 Å². The van der Waals surface area contributed by atoms with Crippen molar-refractivity contribution in [2.45, 2.75) is 0 Å². The number of nitrogens with zero attached hydrogens (tertiary/aromatic N) is 3. The van der Waals surface area contributed by atoms with Gasteiger partial charge in [0.05, 0.1) is 17.1 Å². The maximum absolute atomic E-state index is 15.4. The van der Waals surface area contributed by atoms with Crippen LogP contribution in [0.1, 0.15) is 0 Å². The molecule has 7 nitrogen and oxygen atoms in total. The van der Waals surface area contributed by atoms with Gasteiger partial charge in [-0.3, -0.25) is 0 Å². The highest BCUT2D eigenvalue weighted by molar-refractivity contribution is 7.84. The molecule has 8 heteroatoms. The van der Waals surface area contributed by atoms with Crippen molar-refractivity contribution >= 4 is 23.4 Å². The molecule has 0 aliphatic heterocycles. The van der Waals surface area contributed by atoms with Crippen LogP contribution in [0.5, 0.6) is 17.2 Å². The summed E-state index contributed by atoms with van der Waals surface area (Å²) in [5, 5.41) is 31.5. The van der Waals surface area contributed by atoms with E-state index in [4.69, 9.17) is 15.0 Å². The van der Waals surface area contributed by atoms with Crippen molar-refractivity contribution in [2.24, 2.45) is 0 Å². The molecule has 3 N–H and O–H groups in total. The Morgan fingerprint density at radius 1 is 0.390 bits per heavy atom. The molecule has 0 bridgehead atoms. The fraction of sp³-hybridized carbons (Fsp3) is 0. The number of benzene rings is 3. The molecule has 0 fully saturated rings. The molecule has 0 aliphatic carbocycles. The van der Waals surface area contributed by atoms with Crippen LogP contribution in [0.25, 0.3) is 33.8 Å². The summed E-state index contributed by atoms with van der Waals surface area (Å²) < 4.78 is 15.4. The SMILES string of the molecule is O=P(c1cccc(-c2ccccc2O)n1)(c1cccc(-c2ccccc2O)n1)c1cccc(-c2ccccc2O)n1. The van der Waals surface area contributed by atoms with E-state index >= 15 is 4.57 Å². The Kier molecular flexibility index (Phi) is 6.79. The second-order valence-electron chi connectivity index (χ2n) is 9.30. The first kappa shape index (κ1) is 26.0. The summed E-state index contributed by atoms with van der Waals surface area (Å²) in [5.41, 5.74) is 3.47. The third kappa shape index (κ3) is 4.84. The van der Waals surface area contributed by atoms with Crippen molar-refractivity contribution in [2.75, 3.05) is 0 Å². The third-order valence-electron chi connectivity index (χ3n) is 6.71. The number of phenolic OH excluding ortho intramolecular Hbond substituents is 3. The van der Waals surface area contributed by atoms with Crippen molar-refractivity contribution < 1.29 is 19.9 Å². The van der Waals surface area contributed by atoms with Gasteiger partial charge in [-0.1, -0.05) is 54.6 Å². The van der Waals surface area contributed by atoms with E-state index in [1.807, 2.05) is 0 Å². The number of hydrogen-bond donors (Lipinski definition) is 3. The topological polar surface area (TPSA) is 116 Å².